The van der Waals surface area contributed by atoms with Crippen LogP contribution in [0.25, 0.3) is 0 Å². The fourth-order valence-corrected chi connectivity index (χ4v) is 2.78. The van der Waals surface area contributed by atoms with E-state index in [0.717, 1.165) is 26.1 Å². The highest BCUT2D eigenvalue weighted by molar-refractivity contribution is 5.62. The Morgan fingerprint density at radius 2 is 1.94 bits per heavy atom. The number of nitrogens with zero attached hydrogens (tertiary/aromatic N) is 1. The van der Waals surface area contributed by atoms with Crippen molar-refractivity contribution in [1.29, 1.82) is 0 Å². The van der Waals surface area contributed by atoms with Crippen LogP contribution in [0.5, 0.6) is 0 Å². The molecule has 1 aliphatic rings. The molecular formula is C16H23NO. The van der Waals surface area contributed by atoms with Crippen molar-refractivity contribution >= 4 is 6.29 Å². The minimum Gasteiger partial charge on any atom is -0.303 e. The third-order valence-corrected chi connectivity index (χ3v) is 4.35. The van der Waals surface area contributed by atoms with Crippen LogP contribution in [-0.2, 0) is 11.3 Å². The summed E-state index contributed by atoms with van der Waals surface area (Å²) in [6, 6.07) is 10.5. The van der Waals surface area contributed by atoms with Crippen molar-refractivity contribution in [2.24, 2.45) is 10.8 Å². The van der Waals surface area contributed by atoms with Crippen LogP contribution in [0.3, 0.4) is 0 Å². The minimum absolute atomic E-state index is 0.0419. The summed E-state index contributed by atoms with van der Waals surface area (Å²) in [7, 11) is 0. The third-order valence-electron chi connectivity index (χ3n) is 4.35. The SMILES string of the molecule is CC(C)(C)C1(C=O)CCN(Cc2ccccc2)C1. The van der Waals surface area contributed by atoms with Gasteiger partial charge in [-0.05, 0) is 23.9 Å². The molecule has 0 aliphatic carbocycles. The number of rotatable bonds is 3. The number of benzene rings is 1. The Balaban J connectivity index is 2.06. The third kappa shape index (κ3) is 2.49. The van der Waals surface area contributed by atoms with Crippen molar-refractivity contribution in [3.8, 4) is 0 Å². The number of hydrogen-bond donors (Lipinski definition) is 0. The maximum absolute atomic E-state index is 11.5. The van der Waals surface area contributed by atoms with Gasteiger partial charge in [0.1, 0.15) is 6.29 Å². The van der Waals surface area contributed by atoms with Crippen LogP contribution < -0.4 is 0 Å². The molecule has 0 aromatic heterocycles. The van der Waals surface area contributed by atoms with Crippen LogP contribution >= 0.6 is 0 Å². The molecule has 98 valence electrons. The molecule has 1 atom stereocenters. The highest BCUT2D eigenvalue weighted by atomic mass is 16.1. The lowest BCUT2D eigenvalue weighted by atomic mass is 9.67. The molecule has 1 aromatic carbocycles. The van der Waals surface area contributed by atoms with Gasteiger partial charge in [-0.15, -0.1) is 0 Å². The van der Waals surface area contributed by atoms with Crippen LogP contribution in [0, 0.1) is 10.8 Å². The molecule has 2 rings (SSSR count). The van der Waals surface area contributed by atoms with Crippen molar-refractivity contribution in [3.63, 3.8) is 0 Å². The van der Waals surface area contributed by atoms with E-state index in [2.05, 4.69) is 49.9 Å². The van der Waals surface area contributed by atoms with Crippen LogP contribution in [0.1, 0.15) is 32.8 Å². The van der Waals surface area contributed by atoms with Crippen LogP contribution in [0.15, 0.2) is 30.3 Å². The first-order chi connectivity index (χ1) is 8.47. The first-order valence-electron chi connectivity index (χ1n) is 6.69. The summed E-state index contributed by atoms with van der Waals surface area (Å²) in [5.74, 6) is 0. The summed E-state index contributed by atoms with van der Waals surface area (Å²) in [5.41, 5.74) is 1.19. The summed E-state index contributed by atoms with van der Waals surface area (Å²) in [6.45, 7) is 9.38. The fourth-order valence-electron chi connectivity index (χ4n) is 2.78. The zero-order chi connectivity index (χ0) is 13.2. The lowest BCUT2D eigenvalue weighted by Gasteiger charge is -2.37. The van der Waals surface area contributed by atoms with Crippen LogP contribution in [0.4, 0.5) is 0 Å². The van der Waals surface area contributed by atoms with Crippen molar-refractivity contribution in [3.05, 3.63) is 35.9 Å². The minimum atomic E-state index is -0.179. The number of carbonyl (C=O) groups excluding carboxylic acids is 1. The second kappa shape index (κ2) is 4.85. The molecule has 0 saturated carbocycles. The molecule has 1 heterocycles. The Hall–Kier alpha value is -1.15. The van der Waals surface area contributed by atoms with E-state index in [-0.39, 0.29) is 10.8 Å². The molecular weight excluding hydrogens is 222 g/mol. The second-order valence-corrected chi connectivity index (χ2v) is 6.47. The number of hydrogen-bond acceptors (Lipinski definition) is 2. The molecule has 0 amide bonds. The first-order valence-corrected chi connectivity index (χ1v) is 6.69. The molecule has 2 nitrogen and oxygen atoms in total. The van der Waals surface area contributed by atoms with Crippen molar-refractivity contribution in [2.45, 2.75) is 33.7 Å². The van der Waals surface area contributed by atoms with E-state index < -0.39 is 0 Å². The quantitative estimate of drug-likeness (QED) is 0.763. The van der Waals surface area contributed by atoms with Crippen molar-refractivity contribution < 1.29 is 4.79 Å². The number of likely N-dealkylation sites (tertiary alicyclic amines) is 1. The van der Waals surface area contributed by atoms with Gasteiger partial charge in [0.25, 0.3) is 0 Å². The Morgan fingerprint density at radius 1 is 1.28 bits per heavy atom. The van der Waals surface area contributed by atoms with Crippen LogP contribution in [-0.4, -0.2) is 24.3 Å². The van der Waals surface area contributed by atoms with Gasteiger partial charge in [0, 0.05) is 18.5 Å². The summed E-state index contributed by atoms with van der Waals surface area (Å²) >= 11 is 0. The maximum atomic E-state index is 11.5. The molecule has 0 radical (unpaired) electrons. The molecule has 1 saturated heterocycles. The molecule has 2 heteroatoms. The van der Waals surface area contributed by atoms with Crippen molar-refractivity contribution in [2.75, 3.05) is 13.1 Å². The van der Waals surface area contributed by atoms with Crippen molar-refractivity contribution in [1.82, 2.24) is 4.90 Å². The molecule has 0 spiro atoms. The van der Waals surface area contributed by atoms with E-state index in [9.17, 15) is 4.79 Å². The molecule has 18 heavy (non-hydrogen) atoms. The fraction of sp³-hybridized carbons (Fsp3) is 0.562. The largest absolute Gasteiger partial charge is 0.303 e. The van der Waals surface area contributed by atoms with Gasteiger partial charge in [-0.1, -0.05) is 51.1 Å². The van der Waals surface area contributed by atoms with Gasteiger partial charge in [-0.25, -0.2) is 0 Å². The molecule has 1 aliphatic heterocycles. The topological polar surface area (TPSA) is 20.3 Å². The van der Waals surface area contributed by atoms with Gasteiger partial charge in [0.15, 0.2) is 0 Å². The highest BCUT2D eigenvalue weighted by Gasteiger charge is 2.46. The average Bonchev–Trinajstić information content (AvgIpc) is 2.74. The summed E-state index contributed by atoms with van der Waals surface area (Å²) in [6.07, 6.45) is 2.17. The predicted octanol–water partition coefficient (Wildman–Crippen LogP) is 3.12. The monoisotopic (exact) mass is 245 g/mol. The van der Waals surface area contributed by atoms with E-state index in [4.69, 9.17) is 0 Å². The van der Waals surface area contributed by atoms with Crippen LogP contribution in [0.2, 0.25) is 0 Å². The molecule has 0 N–H and O–H groups in total. The molecule has 1 aromatic rings. The lowest BCUT2D eigenvalue weighted by Crippen LogP contribution is -2.39. The predicted molar refractivity (Wildman–Crippen MR) is 74.3 cm³/mol. The molecule has 0 bridgehead atoms. The smallest absolute Gasteiger partial charge is 0.127 e. The summed E-state index contributed by atoms with van der Waals surface area (Å²) in [4.78, 5) is 13.9. The summed E-state index contributed by atoms with van der Waals surface area (Å²) < 4.78 is 0. The van der Waals surface area contributed by atoms with Gasteiger partial charge >= 0.3 is 0 Å². The highest BCUT2D eigenvalue weighted by Crippen LogP contribution is 2.44. The number of carbonyl (C=O) groups is 1. The number of aldehydes is 1. The van der Waals surface area contributed by atoms with Gasteiger partial charge < -0.3 is 4.79 Å². The first kappa shape index (κ1) is 13.3. The van der Waals surface area contributed by atoms with Gasteiger partial charge in [-0.3, -0.25) is 4.90 Å². The standard InChI is InChI=1S/C16H23NO/c1-15(2,3)16(13-18)9-10-17(12-16)11-14-7-5-4-6-8-14/h4-8,13H,9-12H2,1-3H3. The Bertz CT molecular complexity index is 407. The lowest BCUT2D eigenvalue weighted by molar-refractivity contribution is -0.121. The van der Waals surface area contributed by atoms with E-state index in [1.54, 1.807) is 0 Å². The zero-order valence-electron chi connectivity index (χ0n) is 11.6. The normalized spacial score (nSPS) is 25.3. The average molecular weight is 245 g/mol. The Kier molecular flexibility index (Phi) is 3.58. The van der Waals surface area contributed by atoms with Gasteiger partial charge in [0.2, 0.25) is 0 Å². The summed E-state index contributed by atoms with van der Waals surface area (Å²) in [5, 5.41) is 0. The second-order valence-electron chi connectivity index (χ2n) is 6.47. The van der Waals surface area contributed by atoms with Gasteiger partial charge in [0.05, 0.1) is 0 Å². The maximum Gasteiger partial charge on any atom is 0.127 e. The van der Waals surface area contributed by atoms with E-state index in [0.29, 0.717) is 0 Å². The van der Waals surface area contributed by atoms with E-state index in [1.807, 2.05) is 6.07 Å². The van der Waals surface area contributed by atoms with E-state index >= 15 is 0 Å². The van der Waals surface area contributed by atoms with E-state index in [1.165, 1.54) is 11.8 Å². The molecule has 1 unspecified atom stereocenters. The zero-order valence-corrected chi connectivity index (χ0v) is 11.6. The Morgan fingerprint density at radius 3 is 2.44 bits per heavy atom. The Labute approximate surface area is 110 Å². The van der Waals surface area contributed by atoms with Gasteiger partial charge in [-0.2, -0.15) is 0 Å². The molecule has 1 fully saturated rings.